The van der Waals surface area contributed by atoms with Crippen molar-refractivity contribution in [3.63, 3.8) is 0 Å². The van der Waals surface area contributed by atoms with Gasteiger partial charge in [0.15, 0.2) is 6.10 Å². The van der Waals surface area contributed by atoms with Crippen LogP contribution in [0.25, 0.3) is 0 Å². The molecule has 0 radical (unpaired) electrons. The van der Waals surface area contributed by atoms with Crippen LogP contribution in [0.15, 0.2) is 122 Å². The van der Waals surface area contributed by atoms with Gasteiger partial charge in [-0.05, 0) is 96.3 Å². The fourth-order valence-electron chi connectivity index (χ4n) is 6.36. The number of carbonyl (C=O) groups is 3. The maximum absolute atomic E-state index is 12.8. The lowest BCUT2D eigenvalue weighted by atomic mass is 10.1. The van der Waals surface area contributed by atoms with Crippen molar-refractivity contribution in [3.8, 4) is 0 Å². The second kappa shape index (κ2) is 50.5. The van der Waals surface area contributed by atoms with E-state index in [0.717, 1.165) is 96.3 Å². The Hall–Kier alpha value is -4.19. The van der Waals surface area contributed by atoms with Gasteiger partial charge in [-0.25, -0.2) is 0 Å². The van der Waals surface area contributed by atoms with Gasteiger partial charge in [-0.2, -0.15) is 0 Å². The van der Waals surface area contributed by atoms with Crippen molar-refractivity contribution in [2.45, 2.75) is 207 Å². The molecule has 0 aliphatic carbocycles. The van der Waals surface area contributed by atoms with Gasteiger partial charge in [-0.15, -0.1) is 0 Å². The highest BCUT2D eigenvalue weighted by Gasteiger charge is 2.19. The van der Waals surface area contributed by atoms with Crippen molar-refractivity contribution in [1.29, 1.82) is 0 Å². The molecule has 1 unspecified atom stereocenters. The molecule has 0 amide bonds. The molecule has 0 spiro atoms. The molecule has 0 fully saturated rings. The van der Waals surface area contributed by atoms with Crippen molar-refractivity contribution < 1.29 is 28.6 Å². The zero-order valence-corrected chi connectivity index (χ0v) is 40.3. The van der Waals surface area contributed by atoms with Gasteiger partial charge in [0.2, 0.25) is 0 Å². The van der Waals surface area contributed by atoms with E-state index in [4.69, 9.17) is 14.2 Å². The molecule has 6 nitrogen and oxygen atoms in total. The minimum absolute atomic E-state index is 0.119. The zero-order valence-electron chi connectivity index (χ0n) is 40.3. The maximum Gasteiger partial charge on any atom is 0.306 e. The minimum Gasteiger partial charge on any atom is -0.462 e. The van der Waals surface area contributed by atoms with E-state index in [9.17, 15) is 14.4 Å². The highest BCUT2D eigenvalue weighted by atomic mass is 16.6. The van der Waals surface area contributed by atoms with Gasteiger partial charge in [0.1, 0.15) is 13.2 Å². The van der Waals surface area contributed by atoms with Crippen molar-refractivity contribution in [2.24, 2.45) is 0 Å². The Morgan fingerprint density at radius 2 is 0.698 bits per heavy atom. The van der Waals surface area contributed by atoms with Crippen molar-refractivity contribution in [1.82, 2.24) is 0 Å². The molecular weight excluding hydrogens is 781 g/mol. The van der Waals surface area contributed by atoms with Crippen LogP contribution in [0.5, 0.6) is 0 Å². The summed E-state index contributed by atoms with van der Waals surface area (Å²) in [7, 11) is 0. The first-order valence-electron chi connectivity index (χ1n) is 25.1. The molecule has 354 valence electrons. The summed E-state index contributed by atoms with van der Waals surface area (Å²) in [5, 5.41) is 0. The van der Waals surface area contributed by atoms with Gasteiger partial charge in [-0.1, -0.05) is 206 Å². The molecule has 0 aliphatic heterocycles. The Morgan fingerprint density at radius 1 is 0.349 bits per heavy atom. The van der Waals surface area contributed by atoms with E-state index in [2.05, 4.69) is 81.5 Å². The summed E-state index contributed by atoms with van der Waals surface area (Å²) in [4.78, 5) is 37.9. The number of esters is 3. The van der Waals surface area contributed by atoms with Crippen LogP contribution >= 0.6 is 0 Å². The molecule has 0 saturated heterocycles. The lowest BCUT2D eigenvalue weighted by Gasteiger charge is -2.18. The van der Waals surface area contributed by atoms with Crippen molar-refractivity contribution in [3.05, 3.63) is 122 Å². The van der Waals surface area contributed by atoms with Crippen LogP contribution in [0, 0.1) is 0 Å². The number of rotatable bonds is 43. The van der Waals surface area contributed by atoms with E-state index in [1.165, 1.54) is 57.8 Å². The SMILES string of the molecule is CC\C=C/C=C\C=C/C=C\C=C\C=C/CCCCCC(=O)OCC(COC(=O)CCCC/C=C\C/C=C\C/C=C\CC)OC(=O)CCCCCCC/C=C\CCCCCCCCC. The summed E-state index contributed by atoms with van der Waals surface area (Å²) in [5.41, 5.74) is 0. The smallest absolute Gasteiger partial charge is 0.306 e. The Kier molecular flexibility index (Phi) is 47.1. The molecule has 0 aromatic rings. The maximum atomic E-state index is 12.8. The summed E-state index contributed by atoms with van der Waals surface area (Å²) < 4.78 is 16.7. The predicted molar refractivity (Wildman–Crippen MR) is 269 cm³/mol. The average molecular weight is 871 g/mol. The molecule has 1 atom stereocenters. The Balaban J connectivity index is 4.55. The molecule has 63 heavy (non-hydrogen) atoms. The predicted octanol–water partition coefficient (Wildman–Crippen LogP) is 16.5. The van der Waals surface area contributed by atoms with Crippen molar-refractivity contribution in [2.75, 3.05) is 13.2 Å². The molecule has 0 aromatic carbocycles. The third-order valence-corrected chi connectivity index (χ3v) is 10.1. The number of carbonyl (C=O) groups excluding carboxylic acids is 3. The number of allylic oxidation sites excluding steroid dienone is 20. The van der Waals surface area contributed by atoms with E-state index in [0.29, 0.717) is 25.7 Å². The second-order valence-corrected chi connectivity index (χ2v) is 16.1. The van der Waals surface area contributed by atoms with E-state index < -0.39 is 6.10 Å². The van der Waals surface area contributed by atoms with Gasteiger partial charge in [-0.3, -0.25) is 14.4 Å². The Labute approximate surface area is 386 Å². The molecule has 0 bridgehead atoms. The minimum atomic E-state index is -0.819. The molecule has 0 aromatic heterocycles. The van der Waals surface area contributed by atoms with Crippen molar-refractivity contribution >= 4 is 17.9 Å². The fourth-order valence-corrected chi connectivity index (χ4v) is 6.36. The molecule has 0 N–H and O–H groups in total. The lowest BCUT2D eigenvalue weighted by molar-refractivity contribution is -0.167. The van der Waals surface area contributed by atoms with E-state index >= 15 is 0 Å². The molecule has 6 heteroatoms. The van der Waals surface area contributed by atoms with Crippen LogP contribution in [-0.2, 0) is 28.6 Å². The van der Waals surface area contributed by atoms with E-state index in [1.54, 1.807) is 0 Å². The van der Waals surface area contributed by atoms with Gasteiger partial charge in [0.05, 0.1) is 0 Å². The van der Waals surface area contributed by atoms with Gasteiger partial charge >= 0.3 is 17.9 Å². The van der Waals surface area contributed by atoms with Crippen LogP contribution in [-0.4, -0.2) is 37.2 Å². The number of ether oxygens (including phenoxy) is 3. The van der Waals surface area contributed by atoms with Crippen LogP contribution in [0.3, 0.4) is 0 Å². The highest BCUT2D eigenvalue weighted by Crippen LogP contribution is 2.13. The number of hydrogen-bond donors (Lipinski definition) is 0. The third kappa shape index (κ3) is 48.7. The largest absolute Gasteiger partial charge is 0.462 e. The zero-order chi connectivity index (χ0) is 45.8. The molecule has 0 heterocycles. The quantitative estimate of drug-likeness (QED) is 0.0200. The Bertz CT molecular complexity index is 1370. The first-order valence-corrected chi connectivity index (χ1v) is 25.1. The second-order valence-electron chi connectivity index (χ2n) is 16.1. The van der Waals surface area contributed by atoms with Gasteiger partial charge in [0, 0.05) is 19.3 Å². The monoisotopic (exact) mass is 871 g/mol. The standard InChI is InChI=1S/C57H90O6/c1-4-7-10-13-16-19-22-25-27-29-31-32-35-38-41-44-47-50-56(59)62-53-54(52-61-55(58)49-46-43-40-37-34-24-21-18-15-12-9-6-3)63-57(60)51-48-45-42-39-36-33-30-28-26-23-20-17-14-11-8-5-2/h7,9-10,12-13,16,18-19,21-22,25,27-32,34-35,37,54H,4-6,8,11,14-15,17,20,23-24,26,33,36,38-53H2,1-3H3/b10-7-,12-9-,16-13-,21-18-,22-19-,27-25-,30-28-,31-29+,35-32-,37-34-. The van der Waals surface area contributed by atoms with Crippen LogP contribution in [0.4, 0.5) is 0 Å². The van der Waals surface area contributed by atoms with E-state index in [1.807, 2.05) is 60.8 Å². The fraction of sp³-hybridized carbons (Fsp3) is 0.596. The highest BCUT2D eigenvalue weighted by molar-refractivity contribution is 5.71. The van der Waals surface area contributed by atoms with Crippen LogP contribution in [0.2, 0.25) is 0 Å². The summed E-state index contributed by atoms with van der Waals surface area (Å²) in [6.45, 7) is 6.27. The van der Waals surface area contributed by atoms with Crippen LogP contribution < -0.4 is 0 Å². The first-order chi connectivity index (χ1) is 31.0. The first kappa shape index (κ1) is 58.8. The Morgan fingerprint density at radius 3 is 1.22 bits per heavy atom. The topological polar surface area (TPSA) is 78.9 Å². The third-order valence-electron chi connectivity index (χ3n) is 10.1. The van der Waals surface area contributed by atoms with Crippen LogP contribution in [0.1, 0.15) is 201 Å². The summed E-state index contributed by atoms with van der Waals surface area (Å²) in [5.74, 6) is -1.02. The number of unbranched alkanes of at least 4 members (excludes halogenated alkanes) is 17. The molecule has 0 aliphatic rings. The normalized spacial score (nSPS) is 13.1. The summed E-state index contributed by atoms with van der Waals surface area (Å²) in [6, 6.07) is 0. The van der Waals surface area contributed by atoms with E-state index in [-0.39, 0.29) is 31.1 Å². The molecular formula is C57H90O6. The van der Waals surface area contributed by atoms with Gasteiger partial charge < -0.3 is 14.2 Å². The lowest BCUT2D eigenvalue weighted by Crippen LogP contribution is -2.30. The average Bonchev–Trinajstić information content (AvgIpc) is 3.28. The molecule has 0 saturated carbocycles. The molecule has 0 rings (SSSR count). The summed E-state index contributed by atoms with van der Waals surface area (Å²) in [6.07, 6.45) is 69.0. The van der Waals surface area contributed by atoms with Gasteiger partial charge in [0.25, 0.3) is 0 Å². The summed E-state index contributed by atoms with van der Waals surface area (Å²) >= 11 is 0. The number of hydrogen-bond acceptors (Lipinski definition) is 6.